The van der Waals surface area contributed by atoms with Crippen molar-refractivity contribution < 1.29 is 4.79 Å². The molecule has 0 radical (unpaired) electrons. The largest absolute Gasteiger partial charge is 0.334 e. The first-order valence-electron chi connectivity index (χ1n) is 6.31. The molecule has 0 aliphatic heterocycles. The standard InChI is InChI=1S/C16H23NO/c1-13(11-15-9-7-6-8-10-15)12-17(14(2)18)16(3,4)5/h6-11H,12H2,1-5H3/b13-11+. The van der Waals surface area contributed by atoms with Crippen LogP contribution < -0.4 is 0 Å². The fourth-order valence-corrected chi connectivity index (χ4v) is 1.95. The van der Waals surface area contributed by atoms with Crippen molar-refractivity contribution in [3.05, 3.63) is 41.5 Å². The molecule has 2 nitrogen and oxygen atoms in total. The third-order valence-electron chi connectivity index (χ3n) is 2.81. The molecule has 0 N–H and O–H groups in total. The lowest BCUT2D eigenvalue weighted by Crippen LogP contribution is -2.45. The van der Waals surface area contributed by atoms with Gasteiger partial charge in [-0.3, -0.25) is 4.79 Å². The molecule has 0 saturated carbocycles. The number of hydrogen-bond donors (Lipinski definition) is 0. The molecule has 1 amide bonds. The summed E-state index contributed by atoms with van der Waals surface area (Å²) in [4.78, 5) is 13.6. The summed E-state index contributed by atoms with van der Waals surface area (Å²) in [6.07, 6.45) is 2.13. The topological polar surface area (TPSA) is 20.3 Å². The van der Waals surface area contributed by atoms with Gasteiger partial charge in [0, 0.05) is 19.0 Å². The zero-order valence-electron chi connectivity index (χ0n) is 12.0. The summed E-state index contributed by atoms with van der Waals surface area (Å²) in [6, 6.07) is 10.2. The van der Waals surface area contributed by atoms with Crippen LogP contribution in [0.4, 0.5) is 0 Å². The van der Waals surface area contributed by atoms with Gasteiger partial charge in [-0.05, 0) is 33.3 Å². The predicted octanol–water partition coefficient (Wildman–Crippen LogP) is 3.74. The van der Waals surface area contributed by atoms with Gasteiger partial charge in [-0.2, -0.15) is 0 Å². The summed E-state index contributed by atoms with van der Waals surface area (Å²) in [6.45, 7) is 10.5. The molecule has 18 heavy (non-hydrogen) atoms. The fourth-order valence-electron chi connectivity index (χ4n) is 1.95. The summed E-state index contributed by atoms with van der Waals surface area (Å²) in [5.41, 5.74) is 2.22. The van der Waals surface area contributed by atoms with Gasteiger partial charge >= 0.3 is 0 Å². The van der Waals surface area contributed by atoms with Gasteiger partial charge in [0.2, 0.25) is 5.91 Å². The predicted molar refractivity (Wildman–Crippen MR) is 77.2 cm³/mol. The summed E-state index contributed by atoms with van der Waals surface area (Å²) in [7, 11) is 0. The summed E-state index contributed by atoms with van der Waals surface area (Å²) < 4.78 is 0. The Labute approximate surface area is 110 Å². The van der Waals surface area contributed by atoms with Crippen LogP contribution in [0.15, 0.2) is 35.9 Å². The number of nitrogens with zero attached hydrogens (tertiary/aromatic N) is 1. The van der Waals surface area contributed by atoms with Crippen molar-refractivity contribution in [3.8, 4) is 0 Å². The van der Waals surface area contributed by atoms with E-state index >= 15 is 0 Å². The van der Waals surface area contributed by atoms with Crippen LogP contribution in [0.3, 0.4) is 0 Å². The Kier molecular flexibility index (Phi) is 4.71. The Hall–Kier alpha value is -1.57. The molecule has 0 aliphatic carbocycles. The maximum atomic E-state index is 11.7. The third-order valence-corrected chi connectivity index (χ3v) is 2.81. The summed E-state index contributed by atoms with van der Waals surface area (Å²) in [5.74, 6) is 0.114. The summed E-state index contributed by atoms with van der Waals surface area (Å²) >= 11 is 0. The highest BCUT2D eigenvalue weighted by Gasteiger charge is 2.23. The van der Waals surface area contributed by atoms with E-state index in [4.69, 9.17) is 0 Å². The maximum Gasteiger partial charge on any atom is 0.220 e. The lowest BCUT2D eigenvalue weighted by molar-refractivity contribution is -0.132. The number of carbonyl (C=O) groups is 1. The molecule has 0 bridgehead atoms. The van der Waals surface area contributed by atoms with Gasteiger partial charge in [0.1, 0.15) is 0 Å². The Morgan fingerprint density at radius 2 is 1.72 bits per heavy atom. The minimum Gasteiger partial charge on any atom is -0.334 e. The molecule has 1 aromatic carbocycles. The Morgan fingerprint density at radius 1 is 1.17 bits per heavy atom. The molecule has 0 fully saturated rings. The second-order valence-corrected chi connectivity index (χ2v) is 5.68. The van der Waals surface area contributed by atoms with Crippen LogP contribution in [-0.2, 0) is 4.79 Å². The van der Waals surface area contributed by atoms with Gasteiger partial charge in [0.25, 0.3) is 0 Å². The van der Waals surface area contributed by atoms with E-state index in [1.54, 1.807) is 6.92 Å². The highest BCUT2D eigenvalue weighted by Crippen LogP contribution is 2.16. The molecule has 1 aromatic rings. The molecular formula is C16H23NO. The van der Waals surface area contributed by atoms with Crippen molar-refractivity contribution in [1.29, 1.82) is 0 Å². The molecule has 98 valence electrons. The van der Waals surface area contributed by atoms with Crippen molar-refractivity contribution in [3.63, 3.8) is 0 Å². The lowest BCUT2D eigenvalue weighted by atomic mass is 10.0. The number of amides is 1. The van der Waals surface area contributed by atoms with Crippen molar-refractivity contribution in [2.24, 2.45) is 0 Å². The SMILES string of the molecule is CC(=O)N(C/C(C)=C/c1ccccc1)C(C)(C)C. The van der Waals surface area contributed by atoms with Gasteiger partial charge in [-0.15, -0.1) is 0 Å². The summed E-state index contributed by atoms with van der Waals surface area (Å²) in [5, 5.41) is 0. The minimum absolute atomic E-state index is 0.114. The van der Waals surface area contributed by atoms with E-state index in [9.17, 15) is 4.79 Å². The van der Waals surface area contributed by atoms with E-state index in [2.05, 4.69) is 45.9 Å². The van der Waals surface area contributed by atoms with Crippen LogP contribution in [0.5, 0.6) is 0 Å². The molecule has 0 unspecified atom stereocenters. The normalized spacial score (nSPS) is 12.4. The molecule has 0 aromatic heterocycles. The van der Waals surface area contributed by atoms with Gasteiger partial charge in [-0.1, -0.05) is 42.0 Å². The van der Waals surface area contributed by atoms with E-state index in [-0.39, 0.29) is 11.4 Å². The average Bonchev–Trinajstić information content (AvgIpc) is 2.25. The number of rotatable bonds is 3. The number of carbonyl (C=O) groups excluding carboxylic acids is 1. The monoisotopic (exact) mass is 245 g/mol. The first kappa shape index (κ1) is 14.5. The van der Waals surface area contributed by atoms with Gasteiger partial charge < -0.3 is 4.90 Å². The van der Waals surface area contributed by atoms with Crippen molar-refractivity contribution in [2.75, 3.05) is 6.54 Å². The molecule has 0 spiro atoms. The number of hydrogen-bond acceptors (Lipinski definition) is 1. The number of benzene rings is 1. The molecule has 0 heterocycles. The average molecular weight is 245 g/mol. The zero-order chi connectivity index (χ0) is 13.8. The second kappa shape index (κ2) is 5.85. The second-order valence-electron chi connectivity index (χ2n) is 5.68. The highest BCUT2D eigenvalue weighted by atomic mass is 16.2. The van der Waals surface area contributed by atoms with E-state index in [1.165, 1.54) is 11.1 Å². The van der Waals surface area contributed by atoms with Crippen molar-refractivity contribution in [2.45, 2.75) is 40.2 Å². The zero-order valence-corrected chi connectivity index (χ0v) is 12.0. The van der Waals surface area contributed by atoms with E-state index in [1.807, 2.05) is 23.1 Å². The molecule has 0 atom stereocenters. The van der Waals surface area contributed by atoms with Crippen LogP contribution in [0, 0.1) is 0 Å². The van der Waals surface area contributed by atoms with Gasteiger partial charge in [-0.25, -0.2) is 0 Å². The Balaban J connectivity index is 2.83. The maximum absolute atomic E-state index is 11.7. The van der Waals surface area contributed by atoms with Crippen molar-refractivity contribution in [1.82, 2.24) is 4.90 Å². The van der Waals surface area contributed by atoms with Gasteiger partial charge in [0.15, 0.2) is 0 Å². The smallest absolute Gasteiger partial charge is 0.220 e. The highest BCUT2D eigenvalue weighted by molar-refractivity contribution is 5.74. The Morgan fingerprint density at radius 3 is 2.17 bits per heavy atom. The molecule has 1 rings (SSSR count). The first-order chi connectivity index (χ1) is 8.30. The minimum atomic E-state index is -0.141. The first-order valence-corrected chi connectivity index (χ1v) is 6.31. The molecule has 2 heteroatoms. The quantitative estimate of drug-likeness (QED) is 0.794. The fraction of sp³-hybridized carbons (Fsp3) is 0.438. The van der Waals surface area contributed by atoms with Crippen LogP contribution in [0.1, 0.15) is 40.2 Å². The van der Waals surface area contributed by atoms with Crippen LogP contribution >= 0.6 is 0 Å². The van der Waals surface area contributed by atoms with E-state index in [0.29, 0.717) is 6.54 Å². The van der Waals surface area contributed by atoms with Crippen LogP contribution in [-0.4, -0.2) is 22.9 Å². The van der Waals surface area contributed by atoms with E-state index in [0.717, 1.165) is 0 Å². The molecule has 0 aliphatic rings. The third kappa shape index (κ3) is 4.36. The van der Waals surface area contributed by atoms with Gasteiger partial charge in [0.05, 0.1) is 0 Å². The molecular weight excluding hydrogens is 222 g/mol. The van der Waals surface area contributed by atoms with Crippen LogP contribution in [0.2, 0.25) is 0 Å². The lowest BCUT2D eigenvalue weighted by Gasteiger charge is -2.35. The van der Waals surface area contributed by atoms with E-state index < -0.39 is 0 Å². The molecule has 0 saturated heterocycles. The van der Waals surface area contributed by atoms with Crippen molar-refractivity contribution >= 4 is 12.0 Å². The van der Waals surface area contributed by atoms with Crippen LogP contribution in [0.25, 0.3) is 6.08 Å². The Bertz CT molecular complexity index is 426.